The molecule has 2 unspecified atom stereocenters. The summed E-state index contributed by atoms with van der Waals surface area (Å²) in [7, 11) is 0. The van der Waals surface area contributed by atoms with Crippen molar-refractivity contribution in [3.8, 4) is 0 Å². The molecule has 0 spiro atoms. The molecule has 0 saturated carbocycles. The summed E-state index contributed by atoms with van der Waals surface area (Å²) in [6.45, 7) is 1.75. The summed E-state index contributed by atoms with van der Waals surface area (Å²) in [6.07, 6.45) is 2.00. The highest BCUT2D eigenvalue weighted by molar-refractivity contribution is 5.93. The number of ketones is 1. The molecule has 1 aliphatic rings. The quantitative estimate of drug-likeness (QED) is 0.652. The van der Waals surface area contributed by atoms with Crippen molar-refractivity contribution in [3.63, 3.8) is 0 Å². The molecular formula is C23H26O4. The summed E-state index contributed by atoms with van der Waals surface area (Å²) in [4.78, 5) is 11.8. The Morgan fingerprint density at radius 2 is 1.52 bits per heavy atom. The third kappa shape index (κ3) is 6.14. The standard InChI is InChI=1S/C23H26O4/c24-21-13-20(11-12-26-15-18-7-3-1-4-8-18)22(14-21)23(25)17-27-16-19-9-5-2-6-10-19/h1-10,14,20,23,25H,11-13,15-17H2. The number of aliphatic hydroxyl groups is 1. The van der Waals surface area contributed by atoms with Gasteiger partial charge in [-0.25, -0.2) is 0 Å². The van der Waals surface area contributed by atoms with Crippen LogP contribution in [0.25, 0.3) is 0 Å². The van der Waals surface area contributed by atoms with Gasteiger partial charge in [0.05, 0.1) is 25.9 Å². The fourth-order valence-corrected chi connectivity index (χ4v) is 3.31. The van der Waals surface area contributed by atoms with Crippen molar-refractivity contribution >= 4 is 5.78 Å². The summed E-state index contributed by atoms with van der Waals surface area (Å²) < 4.78 is 11.4. The Balaban J connectivity index is 1.42. The number of hydrogen-bond acceptors (Lipinski definition) is 4. The monoisotopic (exact) mass is 366 g/mol. The maximum absolute atomic E-state index is 11.8. The first-order chi connectivity index (χ1) is 13.2. The van der Waals surface area contributed by atoms with Gasteiger partial charge in [0.1, 0.15) is 0 Å². The molecule has 0 aliphatic heterocycles. The van der Waals surface area contributed by atoms with Crippen molar-refractivity contribution in [3.05, 3.63) is 83.4 Å². The van der Waals surface area contributed by atoms with Crippen molar-refractivity contribution in [2.24, 2.45) is 5.92 Å². The van der Waals surface area contributed by atoms with Crippen molar-refractivity contribution < 1.29 is 19.4 Å². The molecule has 0 saturated heterocycles. The van der Waals surface area contributed by atoms with Crippen molar-refractivity contribution in [1.29, 1.82) is 0 Å². The maximum Gasteiger partial charge on any atom is 0.156 e. The molecule has 4 nitrogen and oxygen atoms in total. The Morgan fingerprint density at radius 1 is 0.926 bits per heavy atom. The Hall–Kier alpha value is -2.27. The Labute approximate surface area is 160 Å². The van der Waals surface area contributed by atoms with E-state index in [9.17, 15) is 9.90 Å². The van der Waals surface area contributed by atoms with Crippen LogP contribution in [0.4, 0.5) is 0 Å². The third-order valence-corrected chi connectivity index (χ3v) is 4.74. The fraction of sp³-hybridized carbons (Fsp3) is 0.348. The maximum atomic E-state index is 11.8. The van der Waals surface area contributed by atoms with E-state index in [1.807, 2.05) is 60.7 Å². The lowest BCUT2D eigenvalue weighted by Crippen LogP contribution is -2.22. The Bertz CT molecular complexity index is 739. The van der Waals surface area contributed by atoms with Gasteiger partial charge in [0.2, 0.25) is 0 Å². The van der Waals surface area contributed by atoms with Gasteiger partial charge in [-0.1, -0.05) is 60.7 Å². The van der Waals surface area contributed by atoms with Crippen molar-refractivity contribution in [2.75, 3.05) is 13.2 Å². The van der Waals surface area contributed by atoms with Gasteiger partial charge in [-0.05, 0) is 35.1 Å². The second kappa shape index (κ2) is 10.2. The van der Waals surface area contributed by atoms with Gasteiger partial charge in [0, 0.05) is 13.0 Å². The average Bonchev–Trinajstić information content (AvgIpc) is 3.07. The van der Waals surface area contributed by atoms with Gasteiger partial charge in [0.25, 0.3) is 0 Å². The van der Waals surface area contributed by atoms with Crippen molar-refractivity contribution in [2.45, 2.75) is 32.2 Å². The molecule has 1 N–H and O–H groups in total. The zero-order valence-electron chi connectivity index (χ0n) is 15.4. The average molecular weight is 366 g/mol. The lowest BCUT2D eigenvalue weighted by Gasteiger charge is -2.19. The molecule has 0 amide bonds. The van der Waals surface area contributed by atoms with E-state index in [0.717, 1.165) is 23.1 Å². The lowest BCUT2D eigenvalue weighted by molar-refractivity contribution is -0.114. The molecule has 27 heavy (non-hydrogen) atoms. The predicted octanol–water partition coefficient (Wildman–Crippen LogP) is 3.69. The first kappa shape index (κ1) is 19.5. The molecule has 142 valence electrons. The van der Waals surface area contributed by atoms with Crippen molar-refractivity contribution in [1.82, 2.24) is 0 Å². The lowest BCUT2D eigenvalue weighted by atomic mass is 9.94. The second-order valence-electron chi connectivity index (χ2n) is 6.86. The van der Waals surface area contributed by atoms with E-state index < -0.39 is 6.10 Å². The van der Waals surface area contributed by atoms with Crippen LogP contribution in [0.5, 0.6) is 0 Å². The predicted molar refractivity (Wildman–Crippen MR) is 104 cm³/mol. The zero-order valence-corrected chi connectivity index (χ0v) is 15.4. The Morgan fingerprint density at radius 3 is 2.15 bits per heavy atom. The topological polar surface area (TPSA) is 55.8 Å². The summed E-state index contributed by atoms with van der Waals surface area (Å²) in [5, 5.41) is 10.5. The molecule has 1 aliphatic carbocycles. The van der Waals surface area contributed by atoms with Gasteiger partial charge >= 0.3 is 0 Å². The largest absolute Gasteiger partial charge is 0.386 e. The Kier molecular flexibility index (Phi) is 7.34. The number of allylic oxidation sites excluding steroid dienone is 1. The number of benzene rings is 2. The van der Waals surface area contributed by atoms with Crippen LogP contribution in [-0.2, 0) is 27.5 Å². The number of hydrogen-bond donors (Lipinski definition) is 1. The normalized spacial score (nSPS) is 17.7. The van der Waals surface area contributed by atoms with Crippen LogP contribution in [0.2, 0.25) is 0 Å². The first-order valence-corrected chi connectivity index (χ1v) is 9.38. The third-order valence-electron chi connectivity index (χ3n) is 4.74. The summed E-state index contributed by atoms with van der Waals surface area (Å²) in [5.41, 5.74) is 2.97. The van der Waals surface area contributed by atoms with Crippen LogP contribution in [0, 0.1) is 5.92 Å². The highest BCUT2D eigenvalue weighted by Crippen LogP contribution is 2.29. The van der Waals surface area contributed by atoms with Crippen LogP contribution >= 0.6 is 0 Å². The minimum atomic E-state index is -0.751. The van der Waals surface area contributed by atoms with Gasteiger partial charge in [-0.15, -0.1) is 0 Å². The molecular weight excluding hydrogens is 340 g/mol. The molecule has 0 aromatic heterocycles. The van der Waals surface area contributed by atoms with Gasteiger partial charge in [-0.3, -0.25) is 4.79 Å². The van der Waals surface area contributed by atoms with E-state index in [1.165, 1.54) is 0 Å². The molecule has 4 heteroatoms. The molecule has 2 aromatic carbocycles. The highest BCUT2D eigenvalue weighted by atomic mass is 16.5. The molecule has 0 fully saturated rings. The van der Waals surface area contributed by atoms with E-state index in [-0.39, 0.29) is 18.3 Å². The van der Waals surface area contributed by atoms with Crippen LogP contribution < -0.4 is 0 Å². The van der Waals surface area contributed by atoms with E-state index in [2.05, 4.69) is 0 Å². The SMILES string of the molecule is O=C1C=C(C(O)COCc2ccccc2)C(CCOCc2ccccc2)C1. The molecule has 0 bridgehead atoms. The smallest absolute Gasteiger partial charge is 0.156 e. The second-order valence-corrected chi connectivity index (χ2v) is 6.86. The van der Waals surface area contributed by atoms with E-state index in [4.69, 9.17) is 9.47 Å². The number of ether oxygens (including phenoxy) is 2. The number of carbonyl (C=O) groups excluding carboxylic acids is 1. The molecule has 3 rings (SSSR count). The number of carbonyl (C=O) groups is 1. The van der Waals surface area contributed by atoms with E-state index >= 15 is 0 Å². The number of aliphatic hydroxyl groups excluding tert-OH is 1. The number of rotatable bonds is 10. The van der Waals surface area contributed by atoms with Crippen LogP contribution in [0.1, 0.15) is 24.0 Å². The minimum Gasteiger partial charge on any atom is -0.386 e. The summed E-state index contributed by atoms with van der Waals surface area (Å²) in [6, 6.07) is 19.8. The molecule has 2 aromatic rings. The van der Waals surface area contributed by atoms with Crippen LogP contribution in [-0.4, -0.2) is 30.2 Å². The molecule has 0 radical (unpaired) electrons. The zero-order chi connectivity index (χ0) is 18.9. The van der Waals surface area contributed by atoms with Gasteiger partial charge in [-0.2, -0.15) is 0 Å². The van der Waals surface area contributed by atoms with Crippen LogP contribution in [0.15, 0.2) is 72.3 Å². The highest BCUT2D eigenvalue weighted by Gasteiger charge is 2.29. The van der Waals surface area contributed by atoms with Gasteiger partial charge < -0.3 is 14.6 Å². The van der Waals surface area contributed by atoms with E-state index in [1.54, 1.807) is 6.08 Å². The van der Waals surface area contributed by atoms with Crippen LogP contribution in [0.3, 0.4) is 0 Å². The first-order valence-electron chi connectivity index (χ1n) is 9.38. The fourth-order valence-electron chi connectivity index (χ4n) is 3.31. The molecule has 2 atom stereocenters. The summed E-state index contributed by atoms with van der Waals surface area (Å²) >= 11 is 0. The van der Waals surface area contributed by atoms with Gasteiger partial charge in [0.15, 0.2) is 5.78 Å². The molecule has 0 heterocycles. The van der Waals surface area contributed by atoms with E-state index in [0.29, 0.717) is 26.2 Å². The minimum absolute atomic E-state index is 0.0311. The summed E-state index contributed by atoms with van der Waals surface area (Å²) in [5.74, 6) is 0.101.